The van der Waals surface area contributed by atoms with Gasteiger partial charge in [0, 0.05) is 31.7 Å². The van der Waals surface area contributed by atoms with Gasteiger partial charge in [0.1, 0.15) is 0 Å². The molecule has 1 aromatic carbocycles. The molecule has 0 bridgehead atoms. The fourth-order valence-electron chi connectivity index (χ4n) is 4.32. The molecule has 1 atom stereocenters. The first kappa shape index (κ1) is 15.1. The van der Waals surface area contributed by atoms with E-state index < -0.39 is 0 Å². The van der Waals surface area contributed by atoms with Crippen LogP contribution in [0.5, 0.6) is 0 Å². The fourth-order valence-corrected chi connectivity index (χ4v) is 4.32. The highest BCUT2D eigenvalue weighted by molar-refractivity contribution is 5.20. The number of piperazine rings is 1. The summed E-state index contributed by atoms with van der Waals surface area (Å²) in [5.74, 6) is 1.00. The van der Waals surface area contributed by atoms with Gasteiger partial charge in [-0.3, -0.25) is 4.90 Å². The van der Waals surface area contributed by atoms with Gasteiger partial charge >= 0.3 is 0 Å². The molecule has 0 spiro atoms. The summed E-state index contributed by atoms with van der Waals surface area (Å²) in [6, 6.07) is 12.5. The van der Waals surface area contributed by atoms with Gasteiger partial charge in [-0.25, -0.2) is 0 Å². The summed E-state index contributed by atoms with van der Waals surface area (Å²) in [6.45, 7) is 5.80. The predicted molar refractivity (Wildman–Crippen MR) is 89.4 cm³/mol. The molecule has 3 rings (SSSR count). The van der Waals surface area contributed by atoms with Gasteiger partial charge in [0.05, 0.1) is 0 Å². The van der Waals surface area contributed by atoms with E-state index in [1.54, 1.807) is 0 Å². The lowest BCUT2D eigenvalue weighted by molar-refractivity contribution is 0.0699. The molecule has 0 aromatic heterocycles. The van der Waals surface area contributed by atoms with Gasteiger partial charge in [-0.1, -0.05) is 50.1 Å². The molecule has 2 fully saturated rings. The van der Waals surface area contributed by atoms with E-state index in [1.165, 1.54) is 50.6 Å². The summed E-state index contributed by atoms with van der Waals surface area (Å²) in [5.41, 5.74) is 1.49. The Balaban J connectivity index is 1.65. The molecule has 21 heavy (non-hydrogen) atoms. The van der Waals surface area contributed by atoms with Crippen molar-refractivity contribution in [3.05, 3.63) is 35.9 Å². The first-order valence-electron chi connectivity index (χ1n) is 8.90. The molecular weight excluding hydrogens is 256 g/mol. The van der Waals surface area contributed by atoms with Crippen LogP contribution >= 0.6 is 0 Å². The molecule has 1 aromatic rings. The van der Waals surface area contributed by atoms with Gasteiger partial charge < -0.3 is 5.32 Å². The Bertz CT molecular complexity index is 409. The van der Waals surface area contributed by atoms with Crippen molar-refractivity contribution in [2.75, 3.05) is 19.6 Å². The maximum Gasteiger partial charge on any atom is 0.0476 e. The van der Waals surface area contributed by atoms with Crippen molar-refractivity contribution in [2.24, 2.45) is 5.92 Å². The third-order valence-electron chi connectivity index (χ3n) is 5.45. The minimum atomic E-state index is 0.577. The zero-order valence-corrected chi connectivity index (χ0v) is 13.4. The highest BCUT2D eigenvalue weighted by Gasteiger charge is 2.32. The van der Waals surface area contributed by atoms with E-state index in [-0.39, 0.29) is 0 Å². The first-order chi connectivity index (χ1) is 10.4. The molecule has 0 radical (unpaired) electrons. The number of hydrogen-bond acceptors (Lipinski definition) is 2. The van der Waals surface area contributed by atoms with Crippen LogP contribution in [0, 0.1) is 5.92 Å². The second kappa shape index (κ2) is 7.42. The number of nitrogens with zero attached hydrogens (tertiary/aromatic N) is 1. The molecule has 1 saturated heterocycles. The van der Waals surface area contributed by atoms with Crippen molar-refractivity contribution in [2.45, 2.75) is 57.5 Å². The van der Waals surface area contributed by atoms with Crippen LogP contribution in [0.4, 0.5) is 0 Å². The SMILES string of the molecule is CCCC1CCC(N2CCNCC2c2ccccc2)CC1. The topological polar surface area (TPSA) is 15.3 Å². The van der Waals surface area contributed by atoms with Crippen LogP contribution in [-0.2, 0) is 0 Å². The number of nitrogens with one attached hydrogen (secondary N) is 1. The number of benzene rings is 1. The van der Waals surface area contributed by atoms with Gasteiger partial charge in [-0.05, 0) is 37.2 Å². The van der Waals surface area contributed by atoms with Crippen LogP contribution in [0.1, 0.15) is 57.1 Å². The van der Waals surface area contributed by atoms with Crippen molar-refractivity contribution in [1.29, 1.82) is 0 Å². The molecule has 1 heterocycles. The molecular formula is C19H30N2. The third kappa shape index (κ3) is 3.67. The number of hydrogen-bond donors (Lipinski definition) is 1. The van der Waals surface area contributed by atoms with Crippen LogP contribution in [0.3, 0.4) is 0 Å². The van der Waals surface area contributed by atoms with Crippen molar-refractivity contribution in [3.63, 3.8) is 0 Å². The fraction of sp³-hybridized carbons (Fsp3) is 0.684. The zero-order chi connectivity index (χ0) is 14.5. The smallest absolute Gasteiger partial charge is 0.0476 e. The standard InChI is InChI=1S/C19H30N2/c1-2-6-16-9-11-18(12-10-16)21-14-13-20-15-19(21)17-7-4-3-5-8-17/h3-5,7-8,16,18-20H,2,6,9-15H2,1H3. The molecule has 1 unspecified atom stereocenters. The van der Waals surface area contributed by atoms with Crippen molar-refractivity contribution < 1.29 is 0 Å². The molecule has 2 aliphatic rings. The quantitative estimate of drug-likeness (QED) is 0.900. The lowest BCUT2D eigenvalue weighted by Crippen LogP contribution is -2.51. The van der Waals surface area contributed by atoms with Crippen LogP contribution in [-0.4, -0.2) is 30.6 Å². The summed E-state index contributed by atoms with van der Waals surface area (Å²) in [7, 11) is 0. The average Bonchev–Trinajstić information content (AvgIpc) is 2.57. The maximum atomic E-state index is 3.59. The second-order valence-electron chi connectivity index (χ2n) is 6.83. The molecule has 0 amide bonds. The van der Waals surface area contributed by atoms with E-state index >= 15 is 0 Å². The molecule has 1 aliphatic carbocycles. The van der Waals surface area contributed by atoms with E-state index in [2.05, 4.69) is 47.5 Å². The van der Waals surface area contributed by atoms with Gasteiger partial charge in [0.15, 0.2) is 0 Å². The van der Waals surface area contributed by atoms with E-state index in [0.717, 1.165) is 25.0 Å². The second-order valence-corrected chi connectivity index (χ2v) is 6.83. The van der Waals surface area contributed by atoms with Crippen LogP contribution in [0.15, 0.2) is 30.3 Å². The minimum absolute atomic E-state index is 0.577. The maximum absolute atomic E-state index is 3.59. The van der Waals surface area contributed by atoms with Crippen LogP contribution < -0.4 is 5.32 Å². The summed E-state index contributed by atoms with van der Waals surface area (Å²) < 4.78 is 0. The van der Waals surface area contributed by atoms with Crippen LogP contribution in [0.25, 0.3) is 0 Å². The largest absolute Gasteiger partial charge is 0.314 e. The van der Waals surface area contributed by atoms with Gasteiger partial charge in [0.25, 0.3) is 0 Å². The summed E-state index contributed by atoms with van der Waals surface area (Å²) in [4.78, 5) is 2.80. The predicted octanol–water partition coefficient (Wildman–Crippen LogP) is 3.99. The van der Waals surface area contributed by atoms with Crippen molar-refractivity contribution in [1.82, 2.24) is 10.2 Å². The van der Waals surface area contributed by atoms with E-state index in [9.17, 15) is 0 Å². The highest BCUT2D eigenvalue weighted by atomic mass is 15.2. The van der Waals surface area contributed by atoms with Gasteiger partial charge in [-0.15, -0.1) is 0 Å². The van der Waals surface area contributed by atoms with Crippen molar-refractivity contribution in [3.8, 4) is 0 Å². The molecule has 1 aliphatic heterocycles. The Kier molecular flexibility index (Phi) is 5.32. The zero-order valence-electron chi connectivity index (χ0n) is 13.4. The molecule has 116 valence electrons. The lowest BCUT2D eigenvalue weighted by atomic mass is 9.82. The van der Waals surface area contributed by atoms with Gasteiger partial charge in [0.2, 0.25) is 0 Å². The molecule has 2 heteroatoms. The monoisotopic (exact) mass is 286 g/mol. The summed E-state index contributed by atoms with van der Waals surface area (Å²) in [5, 5.41) is 3.59. The summed E-state index contributed by atoms with van der Waals surface area (Å²) >= 11 is 0. The van der Waals surface area contributed by atoms with E-state index in [4.69, 9.17) is 0 Å². The van der Waals surface area contributed by atoms with Crippen LogP contribution in [0.2, 0.25) is 0 Å². The minimum Gasteiger partial charge on any atom is -0.314 e. The third-order valence-corrected chi connectivity index (χ3v) is 5.45. The first-order valence-corrected chi connectivity index (χ1v) is 8.90. The highest BCUT2D eigenvalue weighted by Crippen LogP contribution is 2.34. The average molecular weight is 286 g/mol. The molecule has 2 nitrogen and oxygen atoms in total. The number of rotatable bonds is 4. The Morgan fingerprint density at radius 2 is 1.86 bits per heavy atom. The Morgan fingerprint density at radius 3 is 2.57 bits per heavy atom. The Labute approximate surface area is 129 Å². The summed E-state index contributed by atoms with van der Waals surface area (Å²) in [6.07, 6.45) is 8.52. The van der Waals surface area contributed by atoms with Gasteiger partial charge in [-0.2, -0.15) is 0 Å². The molecule has 1 saturated carbocycles. The van der Waals surface area contributed by atoms with E-state index in [0.29, 0.717) is 6.04 Å². The Hall–Kier alpha value is -0.860. The van der Waals surface area contributed by atoms with E-state index in [1.807, 2.05) is 0 Å². The molecule has 1 N–H and O–H groups in total. The lowest BCUT2D eigenvalue weighted by Gasteiger charge is -2.44. The Morgan fingerprint density at radius 1 is 1.10 bits per heavy atom. The van der Waals surface area contributed by atoms with Crippen molar-refractivity contribution >= 4 is 0 Å². The normalized spacial score (nSPS) is 31.2.